The fourth-order valence-corrected chi connectivity index (χ4v) is 2.55. The summed E-state index contributed by atoms with van der Waals surface area (Å²) in [7, 11) is 0. The molecule has 0 saturated heterocycles. The first-order valence-corrected chi connectivity index (χ1v) is 7.45. The lowest BCUT2D eigenvalue weighted by Gasteiger charge is -2.33. The van der Waals surface area contributed by atoms with Crippen LogP contribution in [0.1, 0.15) is 12.5 Å². The maximum Gasteiger partial charge on any atom is 0.278 e. The summed E-state index contributed by atoms with van der Waals surface area (Å²) in [6.07, 6.45) is 0. The van der Waals surface area contributed by atoms with Gasteiger partial charge >= 0.3 is 0 Å². The Kier molecular flexibility index (Phi) is 3.74. The number of aryl methyl sites for hydroxylation is 1. The van der Waals surface area contributed by atoms with Crippen molar-refractivity contribution in [3.05, 3.63) is 53.1 Å². The van der Waals surface area contributed by atoms with Gasteiger partial charge in [0.15, 0.2) is 0 Å². The molecule has 0 saturated carbocycles. The topological polar surface area (TPSA) is 67.4 Å². The first kappa shape index (κ1) is 15.4. The van der Waals surface area contributed by atoms with Crippen molar-refractivity contribution in [1.29, 1.82) is 0 Å². The van der Waals surface area contributed by atoms with E-state index in [1.165, 1.54) is 6.92 Å². The Morgan fingerprint density at radius 1 is 1.26 bits per heavy atom. The summed E-state index contributed by atoms with van der Waals surface area (Å²) in [5, 5.41) is 6.00. The molecule has 5 nitrogen and oxygen atoms in total. The molecule has 2 amide bonds. The molecular formula is C17H15ClN2O3. The molecule has 118 valence electrons. The Morgan fingerprint density at radius 2 is 2.00 bits per heavy atom. The van der Waals surface area contributed by atoms with E-state index in [4.69, 9.17) is 16.3 Å². The minimum Gasteiger partial charge on any atom is -0.466 e. The van der Waals surface area contributed by atoms with Crippen LogP contribution in [0.25, 0.3) is 0 Å². The molecule has 2 N–H and O–H groups in total. The number of anilines is 2. The third kappa shape index (κ3) is 2.75. The molecule has 0 aromatic heterocycles. The van der Waals surface area contributed by atoms with Crippen LogP contribution < -0.4 is 15.4 Å². The van der Waals surface area contributed by atoms with Gasteiger partial charge in [0.1, 0.15) is 5.75 Å². The molecule has 3 rings (SSSR count). The summed E-state index contributed by atoms with van der Waals surface area (Å²) in [5.74, 6) is -0.604. The number of carbonyl (C=O) groups is 2. The van der Waals surface area contributed by atoms with Gasteiger partial charge in [-0.1, -0.05) is 23.7 Å². The van der Waals surface area contributed by atoms with Gasteiger partial charge < -0.3 is 15.4 Å². The van der Waals surface area contributed by atoms with E-state index in [0.29, 0.717) is 22.1 Å². The molecule has 0 fully saturated rings. The molecule has 0 radical (unpaired) electrons. The van der Waals surface area contributed by atoms with Gasteiger partial charge in [0.05, 0.1) is 5.69 Å². The zero-order valence-electron chi connectivity index (χ0n) is 12.6. The molecule has 2 aromatic carbocycles. The van der Waals surface area contributed by atoms with E-state index in [-0.39, 0.29) is 0 Å². The van der Waals surface area contributed by atoms with Gasteiger partial charge in [-0.3, -0.25) is 9.59 Å². The van der Waals surface area contributed by atoms with E-state index in [2.05, 4.69) is 10.6 Å². The third-order valence-electron chi connectivity index (χ3n) is 3.75. The van der Waals surface area contributed by atoms with Crippen molar-refractivity contribution in [2.45, 2.75) is 19.4 Å². The molecule has 1 heterocycles. The maximum absolute atomic E-state index is 12.6. The van der Waals surface area contributed by atoms with Crippen LogP contribution in [0.2, 0.25) is 5.02 Å². The summed E-state index contributed by atoms with van der Waals surface area (Å²) in [4.78, 5) is 24.9. The highest BCUT2D eigenvalue weighted by molar-refractivity contribution is 6.30. The number of halogens is 1. The largest absolute Gasteiger partial charge is 0.466 e. The van der Waals surface area contributed by atoms with Gasteiger partial charge in [0, 0.05) is 10.7 Å². The Bertz CT molecular complexity index is 806. The molecule has 1 aliphatic rings. The van der Waals surface area contributed by atoms with Crippen LogP contribution in [0.15, 0.2) is 42.5 Å². The molecule has 23 heavy (non-hydrogen) atoms. The highest BCUT2D eigenvalue weighted by Crippen LogP contribution is 2.34. The molecule has 1 aliphatic heterocycles. The van der Waals surface area contributed by atoms with Crippen LogP contribution in [0.5, 0.6) is 5.75 Å². The van der Waals surface area contributed by atoms with Gasteiger partial charge in [0.25, 0.3) is 17.4 Å². The fourth-order valence-electron chi connectivity index (χ4n) is 2.33. The maximum atomic E-state index is 12.6. The number of hydrogen-bond donors (Lipinski definition) is 2. The predicted molar refractivity (Wildman–Crippen MR) is 88.9 cm³/mol. The summed E-state index contributed by atoms with van der Waals surface area (Å²) in [6, 6.07) is 12.1. The van der Waals surface area contributed by atoms with Gasteiger partial charge in [0.2, 0.25) is 0 Å². The van der Waals surface area contributed by atoms with Gasteiger partial charge in [-0.25, -0.2) is 0 Å². The van der Waals surface area contributed by atoms with Crippen molar-refractivity contribution < 1.29 is 14.3 Å². The highest BCUT2D eigenvalue weighted by Gasteiger charge is 2.47. The number of ether oxygens (including phenoxy) is 1. The number of amides is 2. The van der Waals surface area contributed by atoms with Crippen molar-refractivity contribution >= 4 is 34.8 Å². The summed E-state index contributed by atoms with van der Waals surface area (Å²) >= 11 is 5.91. The zero-order valence-corrected chi connectivity index (χ0v) is 13.4. The second-order valence-corrected chi connectivity index (χ2v) is 5.94. The van der Waals surface area contributed by atoms with Gasteiger partial charge in [-0.15, -0.1) is 0 Å². The summed E-state index contributed by atoms with van der Waals surface area (Å²) in [5.41, 5.74) is 0.271. The Labute approximate surface area is 138 Å². The summed E-state index contributed by atoms with van der Waals surface area (Å²) < 4.78 is 5.68. The number of para-hydroxylation sites is 2. The molecule has 0 aliphatic carbocycles. The molecule has 1 unspecified atom stereocenters. The van der Waals surface area contributed by atoms with E-state index < -0.39 is 17.4 Å². The SMILES string of the molecule is Cc1cc(Cl)ccc1NC(=O)C1(C)Oc2ccccc2NC1=O. The number of carbonyl (C=O) groups excluding carboxylic acids is 2. The van der Waals surface area contributed by atoms with Gasteiger partial charge in [-0.05, 0) is 49.7 Å². The molecule has 6 heteroatoms. The van der Waals surface area contributed by atoms with Crippen molar-refractivity contribution in [1.82, 2.24) is 0 Å². The lowest BCUT2D eigenvalue weighted by molar-refractivity contribution is -0.143. The van der Waals surface area contributed by atoms with Crippen molar-refractivity contribution in [3.8, 4) is 5.75 Å². The monoisotopic (exact) mass is 330 g/mol. The summed E-state index contributed by atoms with van der Waals surface area (Å²) in [6.45, 7) is 3.26. The van der Waals surface area contributed by atoms with E-state index in [1.807, 2.05) is 6.92 Å². The van der Waals surface area contributed by atoms with Crippen molar-refractivity contribution in [2.75, 3.05) is 10.6 Å². The van der Waals surface area contributed by atoms with Gasteiger partial charge in [-0.2, -0.15) is 0 Å². The fraction of sp³-hybridized carbons (Fsp3) is 0.176. The highest BCUT2D eigenvalue weighted by atomic mass is 35.5. The normalized spacial score (nSPS) is 19.3. The van der Waals surface area contributed by atoms with Crippen molar-refractivity contribution in [2.24, 2.45) is 0 Å². The van der Waals surface area contributed by atoms with Crippen molar-refractivity contribution in [3.63, 3.8) is 0 Å². The second-order valence-electron chi connectivity index (χ2n) is 5.50. The smallest absolute Gasteiger partial charge is 0.278 e. The van der Waals surface area contributed by atoms with E-state index >= 15 is 0 Å². The van der Waals surface area contributed by atoms with Crippen LogP contribution in [0.3, 0.4) is 0 Å². The minimum atomic E-state index is -1.65. The first-order valence-electron chi connectivity index (χ1n) is 7.07. The quantitative estimate of drug-likeness (QED) is 0.829. The lowest BCUT2D eigenvalue weighted by atomic mass is 10.0. The number of nitrogens with one attached hydrogen (secondary N) is 2. The number of fused-ring (bicyclic) bond motifs is 1. The number of rotatable bonds is 2. The number of hydrogen-bond acceptors (Lipinski definition) is 3. The van der Waals surface area contributed by atoms with Crippen LogP contribution in [0, 0.1) is 6.92 Å². The Morgan fingerprint density at radius 3 is 2.74 bits per heavy atom. The lowest BCUT2D eigenvalue weighted by Crippen LogP contribution is -2.56. The average molecular weight is 331 g/mol. The zero-order chi connectivity index (χ0) is 16.6. The van der Waals surface area contributed by atoms with E-state index in [9.17, 15) is 9.59 Å². The standard InChI is InChI=1S/C17H15ClN2O3/c1-10-9-11(18)7-8-12(10)19-15(21)17(2)16(22)20-13-5-3-4-6-14(13)23-17/h3-9H,1-2H3,(H,19,21)(H,20,22). The second kappa shape index (κ2) is 5.59. The van der Waals surface area contributed by atoms with E-state index in [0.717, 1.165) is 5.56 Å². The van der Waals surface area contributed by atoms with Crippen LogP contribution in [-0.4, -0.2) is 17.4 Å². The van der Waals surface area contributed by atoms with E-state index in [1.54, 1.807) is 42.5 Å². The van der Waals surface area contributed by atoms with Crippen LogP contribution in [-0.2, 0) is 9.59 Å². The Hall–Kier alpha value is -2.53. The number of benzene rings is 2. The predicted octanol–water partition coefficient (Wildman–Crippen LogP) is 3.38. The molecule has 1 atom stereocenters. The molecule has 2 aromatic rings. The first-order chi connectivity index (χ1) is 10.9. The molecule has 0 spiro atoms. The molecular weight excluding hydrogens is 316 g/mol. The minimum absolute atomic E-state index is 0.456. The molecule has 0 bridgehead atoms. The van der Waals surface area contributed by atoms with Crippen LogP contribution >= 0.6 is 11.6 Å². The Balaban J connectivity index is 1.88. The average Bonchev–Trinajstić information content (AvgIpc) is 2.51. The van der Waals surface area contributed by atoms with Crippen LogP contribution in [0.4, 0.5) is 11.4 Å². The third-order valence-corrected chi connectivity index (χ3v) is 3.99.